The van der Waals surface area contributed by atoms with Gasteiger partial charge in [-0.1, -0.05) is 23.2 Å². The molecule has 20 heavy (non-hydrogen) atoms. The first-order chi connectivity index (χ1) is 9.54. The van der Waals surface area contributed by atoms with E-state index in [1.165, 1.54) is 6.20 Å². The fraction of sp³-hybridized carbons (Fsp3) is 0.0769. The first kappa shape index (κ1) is 15.1. The molecular weight excluding hydrogens is 367 g/mol. The van der Waals surface area contributed by atoms with Gasteiger partial charge in [0.05, 0.1) is 16.4 Å². The van der Waals surface area contributed by atoms with Crippen molar-refractivity contribution in [3.05, 3.63) is 51.2 Å². The van der Waals surface area contributed by atoms with Gasteiger partial charge in [0.15, 0.2) is 6.61 Å². The van der Waals surface area contributed by atoms with Gasteiger partial charge >= 0.3 is 0 Å². The highest BCUT2D eigenvalue weighted by molar-refractivity contribution is 9.10. The number of rotatable bonds is 4. The van der Waals surface area contributed by atoms with Crippen molar-refractivity contribution in [2.75, 3.05) is 11.9 Å². The number of carbonyl (C=O) groups is 1. The number of nitrogens with zero attached hydrogens (tertiary/aromatic N) is 1. The SMILES string of the molecule is O=C(COc1ccc(Cl)cc1Br)Nc1ccc(Cl)nc1. The molecule has 0 aliphatic carbocycles. The standard InChI is InChI=1S/C13H9BrCl2N2O2/c14-10-5-8(15)1-3-11(10)20-7-13(19)18-9-2-4-12(16)17-6-9/h1-6H,7H2,(H,18,19). The summed E-state index contributed by atoms with van der Waals surface area (Å²) < 4.78 is 6.07. The summed E-state index contributed by atoms with van der Waals surface area (Å²) in [6.07, 6.45) is 1.47. The molecule has 0 atom stereocenters. The Balaban J connectivity index is 1.90. The zero-order chi connectivity index (χ0) is 14.5. The van der Waals surface area contributed by atoms with Crippen molar-refractivity contribution in [1.82, 2.24) is 4.98 Å². The number of pyridine rings is 1. The van der Waals surface area contributed by atoms with Gasteiger partial charge in [0.1, 0.15) is 10.9 Å². The summed E-state index contributed by atoms with van der Waals surface area (Å²) in [5.74, 6) is 0.245. The van der Waals surface area contributed by atoms with E-state index in [0.29, 0.717) is 26.1 Å². The minimum Gasteiger partial charge on any atom is -0.483 e. The van der Waals surface area contributed by atoms with E-state index in [-0.39, 0.29) is 12.5 Å². The van der Waals surface area contributed by atoms with E-state index in [2.05, 4.69) is 26.2 Å². The Labute approximate surface area is 134 Å². The molecule has 4 nitrogen and oxygen atoms in total. The zero-order valence-electron chi connectivity index (χ0n) is 10.1. The third kappa shape index (κ3) is 4.37. The smallest absolute Gasteiger partial charge is 0.262 e. The van der Waals surface area contributed by atoms with Crippen LogP contribution in [0.3, 0.4) is 0 Å². The Morgan fingerprint density at radius 2 is 2.10 bits per heavy atom. The van der Waals surface area contributed by atoms with Gasteiger partial charge in [-0.2, -0.15) is 0 Å². The van der Waals surface area contributed by atoms with E-state index in [1.807, 2.05) is 0 Å². The second kappa shape index (κ2) is 6.92. The molecule has 7 heteroatoms. The molecule has 0 spiro atoms. The van der Waals surface area contributed by atoms with Crippen molar-refractivity contribution in [3.63, 3.8) is 0 Å². The van der Waals surface area contributed by atoms with Gasteiger partial charge in [-0.05, 0) is 46.3 Å². The third-order valence-corrected chi connectivity index (χ3v) is 3.34. The van der Waals surface area contributed by atoms with Crippen LogP contribution in [0.15, 0.2) is 41.0 Å². The third-order valence-electron chi connectivity index (χ3n) is 2.26. The van der Waals surface area contributed by atoms with Crippen LogP contribution in [-0.4, -0.2) is 17.5 Å². The Morgan fingerprint density at radius 1 is 1.30 bits per heavy atom. The molecular formula is C13H9BrCl2N2O2. The average Bonchev–Trinajstić information content (AvgIpc) is 2.40. The van der Waals surface area contributed by atoms with Crippen LogP contribution in [0.1, 0.15) is 0 Å². The molecule has 2 rings (SSSR count). The molecule has 2 aromatic rings. The van der Waals surface area contributed by atoms with E-state index in [4.69, 9.17) is 27.9 Å². The van der Waals surface area contributed by atoms with Crippen molar-refractivity contribution in [2.45, 2.75) is 0 Å². The number of nitrogens with one attached hydrogen (secondary N) is 1. The molecule has 0 bridgehead atoms. The van der Waals surface area contributed by atoms with Crippen molar-refractivity contribution in [2.24, 2.45) is 0 Å². The van der Waals surface area contributed by atoms with E-state index < -0.39 is 0 Å². The van der Waals surface area contributed by atoms with Crippen molar-refractivity contribution in [1.29, 1.82) is 0 Å². The molecule has 0 saturated heterocycles. The lowest BCUT2D eigenvalue weighted by molar-refractivity contribution is -0.118. The fourth-order valence-electron chi connectivity index (χ4n) is 1.38. The van der Waals surface area contributed by atoms with E-state index in [0.717, 1.165) is 0 Å². The Bertz CT molecular complexity index is 620. The predicted octanol–water partition coefficient (Wildman–Crippen LogP) is 4.17. The van der Waals surface area contributed by atoms with Crippen molar-refractivity contribution >= 4 is 50.7 Å². The molecule has 0 aliphatic heterocycles. The molecule has 1 aromatic heterocycles. The number of hydrogen-bond acceptors (Lipinski definition) is 3. The lowest BCUT2D eigenvalue weighted by atomic mass is 10.3. The summed E-state index contributed by atoms with van der Waals surface area (Å²) in [6, 6.07) is 8.31. The molecule has 1 heterocycles. The second-order valence-corrected chi connectivity index (χ2v) is 5.46. The zero-order valence-corrected chi connectivity index (χ0v) is 13.2. The van der Waals surface area contributed by atoms with Crippen molar-refractivity contribution < 1.29 is 9.53 Å². The molecule has 0 fully saturated rings. The van der Waals surface area contributed by atoms with Crippen LogP contribution >= 0.6 is 39.1 Å². The maximum absolute atomic E-state index is 11.7. The number of halogens is 3. The average molecular weight is 376 g/mol. The summed E-state index contributed by atoms with van der Waals surface area (Å²) >= 11 is 14.8. The lowest BCUT2D eigenvalue weighted by Crippen LogP contribution is -2.20. The van der Waals surface area contributed by atoms with Crippen LogP contribution in [0.4, 0.5) is 5.69 Å². The summed E-state index contributed by atoms with van der Waals surface area (Å²) in [4.78, 5) is 15.6. The number of amides is 1. The number of aromatic nitrogens is 1. The van der Waals surface area contributed by atoms with E-state index in [9.17, 15) is 4.79 Å². The van der Waals surface area contributed by atoms with E-state index in [1.54, 1.807) is 30.3 Å². The number of anilines is 1. The Morgan fingerprint density at radius 3 is 2.75 bits per heavy atom. The molecule has 1 N–H and O–H groups in total. The minimum absolute atomic E-state index is 0.122. The number of ether oxygens (including phenoxy) is 1. The normalized spacial score (nSPS) is 10.2. The van der Waals surface area contributed by atoms with Gasteiger partial charge in [0.2, 0.25) is 0 Å². The van der Waals surface area contributed by atoms with Crippen LogP contribution in [0.2, 0.25) is 10.2 Å². The topological polar surface area (TPSA) is 51.2 Å². The minimum atomic E-state index is -0.295. The fourth-order valence-corrected chi connectivity index (χ4v) is 2.29. The maximum atomic E-state index is 11.7. The number of benzene rings is 1. The monoisotopic (exact) mass is 374 g/mol. The first-order valence-corrected chi connectivity index (χ1v) is 7.09. The summed E-state index contributed by atoms with van der Waals surface area (Å²) in [5, 5.41) is 3.59. The van der Waals surface area contributed by atoms with Crippen LogP contribution < -0.4 is 10.1 Å². The molecule has 1 amide bonds. The maximum Gasteiger partial charge on any atom is 0.262 e. The van der Waals surface area contributed by atoms with Crippen LogP contribution in [-0.2, 0) is 4.79 Å². The highest BCUT2D eigenvalue weighted by atomic mass is 79.9. The summed E-state index contributed by atoms with van der Waals surface area (Å²) in [6.45, 7) is -0.122. The highest BCUT2D eigenvalue weighted by Gasteiger charge is 2.07. The van der Waals surface area contributed by atoms with Gasteiger partial charge in [-0.3, -0.25) is 4.79 Å². The molecule has 0 unspecified atom stereocenters. The molecule has 0 aliphatic rings. The van der Waals surface area contributed by atoms with Gasteiger partial charge in [0.25, 0.3) is 5.91 Å². The number of hydrogen-bond donors (Lipinski definition) is 1. The van der Waals surface area contributed by atoms with E-state index >= 15 is 0 Å². The Kier molecular flexibility index (Phi) is 5.23. The first-order valence-electron chi connectivity index (χ1n) is 5.54. The molecule has 1 aromatic carbocycles. The Hall–Kier alpha value is -1.30. The van der Waals surface area contributed by atoms with Crippen molar-refractivity contribution in [3.8, 4) is 5.75 Å². The van der Waals surface area contributed by atoms with Crippen LogP contribution in [0.5, 0.6) is 5.75 Å². The van der Waals surface area contributed by atoms with Crippen LogP contribution in [0, 0.1) is 0 Å². The lowest BCUT2D eigenvalue weighted by Gasteiger charge is -2.09. The van der Waals surface area contributed by atoms with Gasteiger partial charge in [-0.25, -0.2) is 4.98 Å². The largest absolute Gasteiger partial charge is 0.483 e. The molecule has 0 radical (unpaired) electrons. The van der Waals surface area contributed by atoms with Crippen LogP contribution in [0.25, 0.3) is 0 Å². The second-order valence-electron chi connectivity index (χ2n) is 3.78. The predicted molar refractivity (Wildman–Crippen MR) is 82.5 cm³/mol. The van der Waals surface area contributed by atoms with Gasteiger partial charge in [0, 0.05) is 5.02 Å². The molecule has 0 saturated carbocycles. The van der Waals surface area contributed by atoms with Gasteiger partial charge < -0.3 is 10.1 Å². The summed E-state index contributed by atoms with van der Waals surface area (Å²) in [7, 11) is 0. The quantitative estimate of drug-likeness (QED) is 0.816. The number of carbonyl (C=O) groups excluding carboxylic acids is 1. The van der Waals surface area contributed by atoms with Gasteiger partial charge in [-0.15, -0.1) is 0 Å². The highest BCUT2D eigenvalue weighted by Crippen LogP contribution is 2.27. The summed E-state index contributed by atoms with van der Waals surface area (Å²) in [5.41, 5.74) is 0.554. The molecule has 104 valence electrons.